The van der Waals surface area contributed by atoms with Crippen molar-refractivity contribution in [3.8, 4) is 17.1 Å². The van der Waals surface area contributed by atoms with Gasteiger partial charge in [-0.3, -0.25) is 0 Å². The monoisotopic (exact) mass is 352 g/mol. The Kier molecular flexibility index (Phi) is 4.13. The largest absolute Gasteiger partial charge is 0.329 e. The van der Waals surface area contributed by atoms with Gasteiger partial charge in [-0.2, -0.15) is 4.57 Å². The normalized spacial score (nSPS) is 10.7. The Bertz CT molecular complexity index is 1220. The average Bonchev–Trinajstić information content (AvgIpc) is 2.68. The molecule has 0 amide bonds. The Morgan fingerprint density at radius 2 is 1.78 bits per heavy atom. The molecule has 0 N–H and O–H groups in total. The minimum absolute atomic E-state index is 0.608. The van der Waals surface area contributed by atoms with Crippen LogP contribution in [0.25, 0.3) is 32.8 Å². The van der Waals surface area contributed by atoms with Gasteiger partial charge in [-0.1, -0.05) is 18.2 Å². The van der Waals surface area contributed by atoms with Gasteiger partial charge < -0.3 is 0 Å². The molecule has 0 saturated carbocycles. The SMILES string of the molecule is [C-]#[N+]c1cc(-c2nc3ccccc3c[n+]2C)c(C)c(-[n+]2ccccc2C)c1. The van der Waals surface area contributed by atoms with Gasteiger partial charge in [0, 0.05) is 30.7 Å². The predicted molar refractivity (Wildman–Crippen MR) is 106 cm³/mol. The van der Waals surface area contributed by atoms with Gasteiger partial charge in [0.05, 0.1) is 24.6 Å². The summed E-state index contributed by atoms with van der Waals surface area (Å²) >= 11 is 0. The molecule has 0 atom stereocenters. The molecular weight excluding hydrogens is 332 g/mol. The third kappa shape index (κ3) is 2.94. The summed E-state index contributed by atoms with van der Waals surface area (Å²) in [7, 11) is 2.00. The lowest BCUT2D eigenvalue weighted by molar-refractivity contribution is -0.661. The molecule has 2 aromatic carbocycles. The highest BCUT2D eigenvalue weighted by molar-refractivity contribution is 5.79. The van der Waals surface area contributed by atoms with Crippen molar-refractivity contribution in [1.82, 2.24) is 4.98 Å². The lowest BCUT2D eigenvalue weighted by Gasteiger charge is -2.08. The molecule has 0 aliphatic carbocycles. The van der Waals surface area contributed by atoms with Crippen molar-refractivity contribution >= 4 is 16.6 Å². The van der Waals surface area contributed by atoms with Crippen LogP contribution in [0.3, 0.4) is 0 Å². The lowest BCUT2D eigenvalue weighted by atomic mass is 10.0. The summed E-state index contributed by atoms with van der Waals surface area (Å²) in [6, 6.07) is 18.1. The van der Waals surface area contributed by atoms with Crippen LogP contribution in [-0.2, 0) is 7.05 Å². The molecule has 0 aliphatic rings. The molecule has 4 rings (SSSR count). The van der Waals surface area contributed by atoms with Crippen molar-refractivity contribution in [2.75, 3.05) is 0 Å². The van der Waals surface area contributed by atoms with Crippen LogP contribution in [0.2, 0.25) is 0 Å². The quantitative estimate of drug-likeness (QED) is 0.393. The molecule has 0 spiro atoms. The summed E-state index contributed by atoms with van der Waals surface area (Å²) in [5.74, 6) is 0.854. The van der Waals surface area contributed by atoms with E-state index >= 15 is 0 Å². The molecule has 4 nitrogen and oxygen atoms in total. The summed E-state index contributed by atoms with van der Waals surface area (Å²) in [5.41, 5.74) is 5.75. The number of aromatic nitrogens is 3. The number of rotatable bonds is 2. The third-order valence-electron chi connectivity index (χ3n) is 4.89. The van der Waals surface area contributed by atoms with Crippen molar-refractivity contribution in [1.29, 1.82) is 0 Å². The van der Waals surface area contributed by atoms with Crippen molar-refractivity contribution in [2.24, 2.45) is 7.05 Å². The van der Waals surface area contributed by atoms with E-state index in [1.54, 1.807) is 0 Å². The van der Waals surface area contributed by atoms with Crippen LogP contribution in [0.4, 0.5) is 5.69 Å². The Balaban J connectivity index is 2.02. The van der Waals surface area contributed by atoms with Crippen LogP contribution in [0, 0.1) is 20.4 Å². The van der Waals surface area contributed by atoms with E-state index in [2.05, 4.69) is 41.6 Å². The number of benzene rings is 2. The number of hydrogen-bond acceptors (Lipinski definition) is 1. The number of para-hydroxylation sites is 1. The van der Waals surface area contributed by atoms with Crippen molar-refractivity contribution in [2.45, 2.75) is 13.8 Å². The van der Waals surface area contributed by atoms with Gasteiger partial charge >= 0.3 is 5.82 Å². The summed E-state index contributed by atoms with van der Waals surface area (Å²) in [6.07, 6.45) is 4.12. The molecule has 0 saturated heterocycles. The fourth-order valence-electron chi connectivity index (χ4n) is 3.44. The zero-order valence-corrected chi connectivity index (χ0v) is 15.6. The summed E-state index contributed by atoms with van der Waals surface area (Å²) in [5, 5.41) is 1.09. The van der Waals surface area contributed by atoms with Gasteiger partial charge in [-0.05, 0) is 30.1 Å². The standard InChI is InChI=1S/C23H20N4/c1-16-9-7-8-12-27(16)22-14-19(24-3)13-20(17(22)2)23-25-21-11-6-5-10-18(21)15-26(23)4/h5-15H,1-2,4H3/q+2. The van der Waals surface area contributed by atoms with E-state index < -0.39 is 0 Å². The molecule has 0 fully saturated rings. The van der Waals surface area contributed by atoms with E-state index in [1.807, 2.05) is 60.3 Å². The van der Waals surface area contributed by atoms with Crippen molar-refractivity contribution in [3.05, 3.63) is 89.7 Å². The van der Waals surface area contributed by atoms with Gasteiger partial charge in [-0.25, -0.2) is 9.41 Å². The maximum atomic E-state index is 7.56. The lowest BCUT2D eigenvalue weighted by Crippen LogP contribution is -2.35. The summed E-state index contributed by atoms with van der Waals surface area (Å²) in [4.78, 5) is 8.59. The first-order chi connectivity index (χ1) is 13.1. The average molecular weight is 352 g/mol. The van der Waals surface area contributed by atoms with Crippen LogP contribution >= 0.6 is 0 Å². The summed E-state index contributed by atoms with van der Waals surface area (Å²) in [6.45, 7) is 11.7. The van der Waals surface area contributed by atoms with Crippen LogP contribution in [0.15, 0.2) is 67.0 Å². The minimum Gasteiger partial charge on any atom is -0.238 e. The molecule has 4 heteroatoms. The minimum atomic E-state index is 0.608. The molecule has 0 unspecified atom stereocenters. The molecule has 0 bridgehead atoms. The number of pyridine rings is 1. The molecule has 4 aromatic rings. The molecule has 130 valence electrons. The number of fused-ring (bicyclic) bond motifs is 1. The fourth-order valence-corrected chi connectivity index (χ4v) is 3.44. The first kappa shape index (κ1) is 16.9. The van der Waals surface area contributed by atoms with Crippen LogP contribution in [0.1, 0.15) is 11.3 Å². The Labute approximate surface area is 158 Å². The predicted octanol–water partition coefficient (Wildman–Crippen LogP) is 4.17. The summed E-state index contributed by atoms with van der Waals surface area (Å²) < 4.78 is 4.15. The van der Waals surface area contributed by atoms with Gasteiger partial charge in [0.2, 0.25) is 5.69 Å². The van der Waals surface area contributed by atoms with E-state index in [1.165, 1.54) is 0 Å². The zero-order chi connectivity index (χ0) is 19.0. The Morgan fingerprint density at radius 1 is 1.00 bits per heavy atom. The van der Waals surface area contributed by atoms with E-state index in [0.29, 0.717) is 5.69 Å². The number of aryl methyl sites for hydroxylation is 2. The second kappa shape index (κ2) is 6.62. The highest BCUT2D eigenvalue weighted by atomic mass is 15.0. The van der Waals surface area contributed by atoms with Crippen LogP contribution in [-0.4, -0.2) is 4.98 Å². The van der Waals surface area contributed by atoms with Gasteiger partial charge in [-0.15, -0.1) is 0 Å². The fraction of sp³-hybridized carbons (Fsp3) is 0.130. The first-order valence-corrected chi connectivity index (χ1v) is 8.84. The maximum absolute atomic E-state index is 7.56. The number of hydrogen-bond donors (Lipinski definition) is 0. The first-order valence-electron chi connectivity index (χ1n) is 8.84. The third-order valence-corrected chi connectivity index (χ3v) is 4.89. The highest BCUT2D eigenvalue weighted by Crippen LogP contribution is 2.29. The maximum Gasteiger partial charge on any atom is 0.329 e. The van der Waals surface area contributed by atoms with Gasteiger partial charge in [0.25, 0.3) is 0 Å². The van der Waals surface area contributed by atoms with Crippen molar-refractivity contribution < 1.29 is 9.13 Å². The molecule has 27 heavy (non-hydrogen) atoms. The Morgan fingerprint density at radius 3 is 2.56 bits per heavy atom. The molecule has 2 heterocycles. The molecule has 0 radical (unpaired) electrons. The zero-order valence-electron chi connectivity index (χ0n) is 15.6. The van der Waals surface area contributed by atoms with Crippen LogP contribution in [0.5, 0.6) is 0 Å². The van der Waals surface area contributed by atoms with E-state index in [9.17, 15) is 0 Å². The molecular formula is C23H20N4+2. The van der Waals surface area contributed by atoms with E-state index in [0.717, 1.165) is 39.2 Å². The second-order valence-corrected chi connectivity index (χ2v) is 6.70. The number of nitrogens with zero attached hydrogens (tertiary/aromatic N) is 4. The van der Waals surface area contributed by atoms with E-state index in [4.69, 9.17) is 11.6 Å². The smallest absolute Gasteiger partial charge is 0.238 e. The van der Waals surface area contributed by atoms with Crippen molar-refractivity contribution in [3.63, 3.8) is 0 Å². The van der Waals surface area contributed by atoms with Crippen LogP contribution < -0.4 is 9.13 Å². The highest BCUT2D eigenvalue weighted by Gasteiger charge is 2.24. The second-order valence-electron chi connectivity index (χ2n) is 6.70. The van der Waals surface area contributed by atoms with Gasteiger partial charge in [0.1, 0.15) is 6.20 Å². The molecule has 2 aromatic heterocycles. The topological polar surface area (TPSA) is 25.0 Å². The Hall–Kier alpha value is -3.58. The molecule has 0 aliphatic heterocycles. The van der Waals surface area contributed by atoms with E-state index in [-0.39, 0.29) is 0 Å². The van der Waals surface area contributed by atoms with Gasteiger partial charge in [0.15, 0.2) is 23.1 Å².